The first-order chi connectivity index (χ1) is 10.5. The van der Waals surface area contributed by atoms with Gasteiger partial charge in [-0.15, -0.1) is 0 Å². The summed E-state index contributed by atoms with van der Waals surface area (Å²) in [5, 5.41) is 19.5. The Kier molecular flexibility index (Phi) is 5.05. The number of amides is 1. The average molecular weight is 306 g/mol. The largest absolute Gasteiger partial charge is 0.497 e. The number of carbonyl (C=O) groups excluding carboxylic acids is 1. The minimum Gasteiger partial charge on any atom is -0.497 e. The zero-order valence-electron chi connectivity index (χ0n) is 13.0. The maximum Gasteiger partial charge on any atom is 0.270 e. The van der Waals surface area contributed by atoms with Crippen LogP contribution < -0.4 is 4.74 Å². The Bertz CT molecular complexity index is 651. The number of aliphatic hydroxyl groups is 2. The third-order valence-corrected chi connectivity index (χ3v) is 3.56. The molecule has 0 bridgehead atoms. The molecule has 1 aromatic heterocycles. The molecule has 1 amide bonds. The van der Waals surface area contributed by atoms with Crippen LogP contribution in [0.5, 0.6) is 5.75 Å². The van der Waals surface area contributed by atoms with Crippen molar-refractivity contribution in [2.45, 2.75) is 26.0 Å². The van der Waals surface area contributed by atoms with E-state index in [1.807, 2.05) is 32.0 Å². The zero-order chi connectivity index (χ0) is 16.3. The molecular formula is C16H22N2O4. The first-order valence-corrected chi connectivity index (χ1v) is 7.23. The van der Waals surface area contributed by atoms with Crippen molar-refractivity contribution in [1.29, 1.82) is 0 Å². The lowest BCUT2D eigenvalue weighted by Gasteiger charge is -2.28. The maximum atomic E-state index is 12.6. The number of aliphatic hydroxyl groups excluding tert-OH is 2. The zero-order valence-corrected chi connectivity index (χ0v) is 13.0. The Labute approximate surface area is 129 Å². The summed E-state index contributed by atoms with van der Waals surface area (Å²) in [5.41, 5.74) is 1.26. The van der Waals surface area contributed by atoms with Crippen LogP contribution in [0.1, 0.15) is 24.3 Å². The SMILES string of the molecule is COc1ccc2cc(C(=O)N(CC(O)CO)C(C)C)[nH]c2c1. The second-order valence-electron chi connectivity index (χ2n) is 5.52. The second-order valence-corrected chi connectivity index (χ2v) is 5.52. The van der Waals surface area contributed by atoms with Crippen LogP contribution in [0.4, 0.5) is 0 Å². The van der Waals surface area contributed by atoms with E-state index >= 15 is 0 Å². The van der Waals surface area contributed by atoms with Crippen LogP contribution in [0, 0.1) is 0 Å². The van der Waals surface area contributed by atoms with Crippen molar-refractivity contribution < 1.29 is 19.7 Å². The predicted molar refractivity (Wildman–Crippen MR) is 84.1 cm³/mol. The van der Waals surface area contributed by atoms with E-state index in [1.165, 1.54) is 4.90 Å². The maximum absolute atomic E-state index is 12.6. The third kappa shape index (κ3) is 3.40. The predicted octanol–water partition coefficient (Wildman–Crippen LogP) is 1.38. The first-order valence-electron chi connectivity index (χ1n) is 7.23. The van der Waals surface area contributed by atoms with Crippen LogP contribution >= 0.6 is 0 Å². The number of rotatable bonds is 6. The van der Waals surface area contributed by atoms with Gasteiger partial charge in [-0.1, -0.05) is 0 Å². The van der Waals surface area contributed by atoms with Gasteiger partial charge in [-0.3, -0.25) is 4.79 Å². The van der Waals surface area contributed by atoms with E-state index in [0.29, 0.717) is 11.4 Å². The fourth-order valence-corrected chi connectivity index (χ4v) is 2.32. The molecule has 22 heavy (non-hydrogen) atoms. The van der Waals surface area contributed by atoms with Gasteiger partial charge in [0.2, 0.25) is 0 Å². The highest BCUT2D eigenvalue weighted by Crippen LogP contribution is 2.22. The molecule has 2 aromatic rings. The summed E-state index contributed by atoms with van der Waals surface area (Å²) < 4.78 is 5.17. The van der Waals surface area contributed by atoms with Crippen LogP contribution in [0.15, 0.2) is 24.3 Å². The van der Waals surface area contributed by atoms with Gasteiger partial charge >= 0.3 is 0 Å². The van der Waals surface area contributed by atoms with Crippen molar-refractivity contribution >= 4 is 16.8 Å². The van der Waals surface area contributed by atoms with Crippen LogP contribution in [0.25, 0.3) is 10.9 Å². The van der Waals surface area contributed by atoms with Gasteiger partial charge in [-0.05, 0) is 32.0 Å². The Morgan fingerprint density at radius 3 is 2.68 bits per heavy atom. The summed E-state index contributed by atoms with van der Waals surface area (Å²) in [6, 6.07) is 7.23. The lowest BCUT2D eigenvalue weighted by atomic mass is 10.2. The summed E-state index contributed by atoms with van der Waals surface area (Å²) in [4.78, 5) is 17.2. The van der Waals surface area contributed by atoms with Gasteiger partial charge in [-0.2, -0.15) is 0 Å². The molecule has 6 nitrogen and oxygen atoms in total. The van der Waals surface area contributed by atoms with Crippen molar-refractivity contribution in [3.05, 3.63) is 30.0 Å². The van der Waals surface area contributed by atoms with E-state index in [0.717, 1.165) is 10.9 Å². The number of hydrogen-bond acceptors (Lipinski definition) is 4. The van der Waals surface area contributed by atoms with Gasteiger partial charge in [0.15, 0.2) is 0 Å². The number of H-pyrrole nitrogens is 1. The average Bonchev–Trinajstić information content (AvgIpc) is 2.94. The Morgan fingerprint density at radius 2 is 2.09 bits per heavy atom. The summed E-state index contributed by atoms with van der Waals surface area (Å²) in [5.74, 6) is 0.502. The highest BCUT2D eigenvalue weighted by atomic mass is 16.5. The molecule has 1 heterocycles. The van der Waals surface area contributed by atoms with E-state index in [1.54, 1.807) is 13.2 Å². The van der Waals surface area contributed by atoms with Crippen molar-refractivity contribution in [1.82, 2.24) is 9.88 Å². The van der Waals surface area contributed by atoms with Crippen LogP contribution in [-0.4, -0.2) is 58.4 Å². The molecule has 0 aliphatic carbocycles. The summed E-state index contributed by atoms with van der Waals surface area (Å²) in [7, 11) is 1.59. The van der Waals surface area contributed by atoms with E-state index in [4.69, 9.17) is 9.84 Å². The number of aromatic amines is 1. The minimum atomic E-state index is -0.948. The highest BCUT2D eigenvalue weighted by molar-refractivity contribution is 5.98. The molecule has 0 saturated carbocycles. The molecular weight excluding hydrogens is 284 g/mol. The van der Waals surface area contributed by atoms with Gasteiger partial charge in [-0.25, -0.2) is 0 Å². The molecule has 0 aliphatic heterocycles. The molecule has 0 spiro atoms. The van der Waals surface area contributed by atoms with Crippen molar-refractivity contribution in [3.63, 3.8) is 0 Å². The number of methoxy groups -OCH3 is 1. The number of aromatic nitrogens is 1. The van der Waals surface area contributed by atoms with Gasteiger partial charge in [0.05, 0.1) is 19.8 Å². The smallest absolute Gasteiger partial charge is 0.270 e. The van der Waals surface area contributed by atoms with Crippen LogP contribution in [0.2, 0.25) is 0 Å². The number of fused-ring (bicyclic) bond motifs is 1. The molecule has 0 saturated heterocycles. The number of ether oxygens (including phenoxy) is 1. The van der Waals surface area contributed by atoms with Crippen LogP contribution in [0.3, 0.4) is 0 Å². The molecule has 0 fully saturated rings. The number of benzene rings is 1. The lowest BCUT2D eigenvalue weighted by Crippen LogP contribution is -2.43. The van der Waals surface area contributed by atoms with Gasteiger partial charge in [0.25, 0.3) is 5.91 Å². The monoisotopic (exact) mass is 306 g/mol. The Morgan fingerprint density at radius 1 is 1.36 bits per heavy atom. The quantitative estimate of drug-likeness (QED) is 0.752. The molecule has 0 aliphatic rings. The second kappa shape index (κ2) is 6.81. The molecule has 3 N–H and O–H groups in total. The number of nitrogens with zero attached hydrogens (tertiary/aromatic N) is 1. The molecule has 1 unspecified atom stereocenters. The number of nitrogens with one attached hydrogen (secondary N) is 1. The van der Waals surface area contributed by atoms with E-state index < -0.39 is 6.10 Å². The molecule has 0 radical (unpaired) electrons. The van der Waals surface area contributed by atoms with Crippen molar-refractivity contribution in [2.75, 3.05) is 20.3 Å². The van der Waals surface area contributed by atoms with Crippen molar-refractivity contribution in [2.24, 2.45) is 0 Å². The summed E-state index contributed by atoms with van der Waals surface area (Å²) in [6.45, 7) is 3.45. The van der Waals surface area contributed by atoms with Gasteiger partial charge in [0.1, 0.15) is 11.4 Å². The first kappa shape index (κ1) is 16.3. The van der Waals surface area contributed by atoms with E-state index in [-0.39, 0.29) is 25.1 Å². The normalized spacial score (nSPS) is 12.6. The molecule has 120 valence electrons. The highest BCUT2D eigenvalue weighted by Gasteiger charge is 2.23. The number of carbonyl (C=O) groups is 1. The molecule has 2 rings (SSSR count). The van der Waals surface area contributed by atoms with Gasteiger partial charge < -0.3 is 24.8 Å². The number of hydrogen-bond donors (Lipinski definition) is 3. The topological polar surface area (TPSA) is 85.8 Å². The summed E-state index contributed by atoms with van der Waals surface area (Å²) >= 11 is 0. The van der Waals surface area contributed by atoms with E-state index in [9.17, 15) is 9.90 Å². The Hall–Kier alpha value is -2.05. The van der Waals surface area contributed by atoms with Crippen LogP contribution in [-0.2, 0) is 0 Å². The molecule has 6 heteroatoms. The van der Waals surface area contributed by atoms with E-state index in [2.05, 4.69) is 4.98 Å². The fourth-order valence-electron chi connectivity index (χ4n) is 2.32. The van der Waals surface area contributed by atoms with Crippen molar-refractivity contribution in [3.8, 4) is 5.75 Å². The Balaban J connectivity index is 2.30. The van der Waals surface area contributed by atoms with Gasteiger partial charge in [0, 0.05) is 29.6 Å². The standard InChI is InChI=1S/C16H22N2O4/c1-10(2)18(8-12(20)9-19)16(21)15-6-11-4-5-13(22-3)7-14(11)17-15/h4-7,10,12,17,19-20H,8-9H2,1-3H3. The minimum absolute atomic E-state index is 0.0883. The fraction of sp³-hybridized carbons (Fsp3) is 0.438. The molecule has 1 aromatic carbocycles. The lowest BCUT2D eigenvalue weighted by molar-refractivity contribution is 0.0383. The molecule has 1 atom stereocenters. The summed E-state index contributed by atoms with van der Waals surface area (Å²) in [6.07, 6.45) is -0.948. The third-order valence-electron chi connectivity index (χ3n) is 3.56.